The number of rotatable bonds is 7. The number of aromatic amines is 1. The Bertz CT molecular complexity index is 1080. The van der Waals surface area contributed by atoms with Crippen LogP contribution < -0.4 is 10.6 Å². The number of hydrogen-bond acceptors (Lipinski definition) is 3. The molecular weight excluding hydrogens is 362 g/mol. The lowest BCUT2D eigenvalue weighted by atomic mass is 10.1. The van der Waals surface area contributed by atoms with Gasteiger partial charge in [0.05, 0.1) is 6.54 Å². The van der Waals surface area contributed by atoms with Crippen molar-refractivity contribution < 1.29 is 4.52 Å². The quantitative estimate of drug-likeness (QED) is 0.329. The van der Waals surface area contributed by atoms with Gasteiger partial charge in [0.15, 0.2) is 11.7 Å². The van der Waals surface area contributed by atoms with Gasteiger partial charge in [-0.15, -0.1) is 0 Å². The predicted molar refractivity (Wildman–Crippen MR) is 117 cm³/mol. The van der Waals surface area contributed by atoms with Gasteiger partial charge in [0, 0.05) is 41.8 Å². The lowest BCUT2D eigenvalue weighted by Gasteiger charge is -2.10. The van der Waals surface area contributed by atoms with Gasteiger partial charge in [0.1, 0.15) is 5.69 Å². The van der Waals surface area contributed by atoms with Crippen molar-refractivity contribution in [1.82, 2.24) is 20.8 Å². The van der Waals surface area contributed by atoms with Crippen LogP contribution in [0.5, 0.6) is 0 Å². The molecule has 0 radical (unpaired) electrons. The number of para-hydroxylation sites is 1. The Kier molecular flexibility index (Phi) is 5.90. The molecule has 4 aromatic rings. The number of aliphatic imine (C=N–C) groups is 1. The van der Waals surface area contributed by atoms with Crippen molar-refractivity contribution in [2.45, 2.75) is 19.9 Å². The minimum Gasteiger partial charge on any atom is -0.361 e. The first-order valence-corrected chi connectivity index (χ1v) is 9.91. The third kappa shape index (κ3) is 4.66. The Morgan fingerprint density at radius 3 is 2.76 bits per heavy atom. The Labute approximate surface area is 170 Å². The van der Waals surface area contributed by atoms with E-state index in [1.807, 2.05) is 42.5 Å². The summed E-state index contributed by atoms with van der Waals surface area (Å²) in [7, 11) is 0. The van der Waals surface area contributed by atoms with Crippen molar-refractivity contribution in [3.05, 3.63) is 78.1 Å². The average Bonchev–Trinajstić information content (AvgIpc) is 3.40. The van der Waals surface area contributed by atoms with E-state index in [2.05, 4.69) is 57.1 Å². The second kappa shape index (κ2) is 9.10. The van der Waals surface area contributed by atoms with Gasteiger partial charge in [-0.2, -0.15) is 0 Å². The zero-order valence-corrected chi connectivity index (χ0v) is 16.5. The number of hydrogen-bond donors (Lipinski definition) is 3. The molecule has 2 aromatic carbocycles. The fraction of sp³-hybridized carbons (Fsp3) is 0.217. The first-order valence-electron chi connectivity index (χ1n) is 9.91. The Morgan fingerprint density at radius 2 is 1.90 bits per heavy atom. The number of nitrogens with zero attached hydrogens (tertiary/aromatic N) is 2. The molecule has 2 heterocycles. The lowest BCUT2D eigenvalue weighted by molar-refractivity contribution is 0.424. The molecule has 0 aliphatic rings. The molecule has 0 saturated carbocycles. The van der Waals surface area contributed by atoms with Crippen LogP contribution in [0.4, 0.5) is 0 Å². The maximum atomic E-state index is 5.45. The third-order valence-corrected chi connectivity index (χ3v) is 4.72. The highest BCUT2D eigenvalue weighted by atomic mass is 16.5. The van der Waals surface area contributed by atoms with E-state index in [4.69, 9.17) is 4.52 Å². The summed E-state index contributed by atoms with van der Waals surface area (Å²) in [5.41, 5.74) is 4.29. The summed E-state index contributed by atoms with van der Waals surface area (Å²) >= 11 is 0. The molecule has 0 spiro atoms. The van der Waals surface area contributed by atoms with Gasteiger partial charge in [-0.3, -0.25) is 0 Å². The maximum absolute atomic E-state index is 5.45. The van der Waals surface area contributed by atoms with Gasteiger partial charge in [-0.05, 0) is 25.0 Å². The fourth-order valence-corrected chi connectivity index (χ4v) is 3.28. The van der Waals surface area contributed by atoms with Crippen molar-refractivity contribution in [1.29, 1.82) is 0 Å². The molecule has 0 bridgehead atoms. The molecule has 0 amide bonds. The van der Waals surface area contributed by atoms with Crippen LogP contribution in [-0.4, -0.2) is 29.2 Å². The summed E-state index contributed by atoms with van der Waals surface area (Å²) in [4.78, 5) is 7.96. The van der Waals surface area contributed by atoms with Crippen molar-refractivity contribution in [3.63, 3.8) is 0 Å². The smallest absolute Gasteiger partial charge is 0.191 e. The van der Waals surface area contributed by atoms with Gasteiger partial charge < -0.3 is 20.1 Å². The summed E-state index contributed by atoms with van der Waals surface area (Å²) < 4.78 is 5.45. The predicted octanol–water partition coefficient (Wildman–Crippen LogP) is 4.12. The van der Waals surface area contributed by atoms with E-state index >= 15 is 0 Å². The second-order valence-corrected chi connectivity index (χ2v) is 6.78. The molecule has 6 heteroatoms. The highest BCUT2D eigenvalue weighted by molar-refractivity contribution is 5.83. The number of guanidine groups is 1. The number of H-pyrrole nitrogens is 1. The molecular formula is C23H25N5O. The van der Waals surface area contributed by atoms with Gasteiger partial charge >= 0.3 is 0 Å². The van der Waals surface area contributed by atoms with Crippen LogP contribution in [-0.2, 0) is 13.0 Å². The molecule has 0 aliphatic carbocycles. The molecule has 148 valence electrons. The number of aromatic nitrogens is 2. The van der Waals surface area contributed by atoms with Crippen molar-refractivity contribution in [3.8, 4) is 11.3 Å². The summed E-state index contributed by atoms with van der Waals surface area (Å²) in [6.07, 6.45) is 2.99. The van der Waals surface area contributed by atoms with E-state index in [9.17, 15) is 0 Å². The van der Waals surface area contributed by atoms with Gasteiger partial charge in [0.25, 0.3) is 0 Å². The topological polar surface area (TPSA) is 78.2 Å². The minimum atomic E-state index is 0.457. The lowest BCUT2D eigenvalue weighted by Crippen LogP contribution is -2.38. The number of fused-ring (bicyclic) bond motifs is 1. The minimum absolute atomic E-state index is 0.457. The average molecular weight is 387 g/mol. The molecule has 0 atom stereocenters. The Morgan fingerprint density at radius 1 is 1.07 bits per heavy atom. The van der Waals surface area contributed by atoms with Crippen LogP contribution in [0.1, 0.15) is 18.2 Å². The zero-order valence-electron chi connectivity index (χ0n) is 16.5. The molecule has 0 saturated heterocycles. The monoisotopic (exact) mass is 387 g/mol. The van der Waals surface area contributed by atoms with Gasteiger partial charge in [-0.1, -0.05) is 53.7 Å². The van der Waals surface area contributed by atoms with Crippen LogP contribution in [0.25, 0.3) is 22.2 Å². The first kappa shape index (κ1) is 18.8. The largest absolute Gasteiger partial charge is 0.361 e. The van der Waals surface area contributed by atoms with E-state index in [1.54, 1.807) is 0 Å². The Hall–Kier alpha value is -3.54. The van der Waals surface area contributed by atoms with Crippen molar-refractivity contribution >= 4 is 16.9 Å². The van der Waals surface area contributed by atoms with Crippen LogP contribution in [0.3, 0.4) is 0 Å². The highest BCUT2D eigenvalue weighted by Crippen LogP contribution is 2.20. The molecule has 6 nitrogen and oxygen atoms in total. The van der Waals surface area contributed by atoms with Crippen molar-refractivity contribution in [2.24, 2.45) is 4.99 Å². The molecule has 0 fully saturated rings. The van der Waals surface area contributed by atoms with Crippen LogP contribution in [0.2, 0.25) is 0 Å². The van der Waals surface area contributed by atoms with Gasteiger partial charge in [-0.25, -0.2) is 4.99 Å². The molecule has 3 N–H and O–H groups in total. The highest BCUT2D eigenvalue weighted by Gasteiger charge is 2.07. The number of nitrogens with one attached hydrogen (secondary N) is 3. The molecule has 4 rings (SSSR count). The van der Waals surface area contributed by atoms with E-state index in [1.165, 1.54) is 16.5 Å². The Balaban J connectivity index is 1.36. The third-order valence-electron chi connectivity index (χ3n) is 4.72. The van der Waals surface area contributed by atoms with E-state index in [0.29, 0.717) is 6.54 Å². The normalized spacial score (nSPS) is 11.7. The molecule has 0 aliphatic heterocycles. The van der Waals surface area contributed by atoms with E-state index < -0.39 is 0 Å². The summed E-state index contributed by atoms with van der Waals surface area (Å²) in [5.74, 6) is 1.53. The standard InChI is InChI=1S/C23H25N5O/c1-2-24-23(25-13-12-18-15-26-21-11-7-6-10-20(18)21)27-16-19-14-22(29-28-19)17-8-4-3-5-9-17/h3-11,14-15,26H,2,12-13,16H2,1H3,(H2,24,25,27). The van der Waals surface area contributed by atoms with Crippen LogP contribution in [0.15, 0.2) is 76.4 Å². The molecule has 29 heavy (non-hydrogen) atoms. The maximum Gasteiger partial charge on any atom is 0.191 e. The van der Waals surface area contributed by atoms with E-state index in [-0.39, 0.29) is 0 Å². The molecule has 0 unspecified atom stereocenters. The SMILES string of the molecule is CCNC(=NCc1cc(-c2ccccc2)on1)NCCc1c[nH]c2ccccc12. The number of benzene rings is 2. The molecule has 2 aromatic heterocycles. The van der Waals surface area contributed by atoms with Crippen LogP contribution in [0, 0.1) is 0 Å². The fourth-order valence-electron chi connectivity index (χ4n) is 3.28. The van der Waals surface area contributed by atoms with Crippen LogP contribution >= 0.6 is 0 Å². The first-order chi connectivity index (χ1) is 14.3. The second-order valence-electron chi connectivity index (χ2n) is 6.78. The summed E-state index contributed by atoms with van der Waals surface area (Å²) in [5, 5.41) is 12.1. The zero-order chi connectivity index (χ0) is 19.9. The van der Waals surface area contributed by atoms with E-state index in [0.717, 1.165) is 42.5 Å². The summed E-state index contributed by atoms with van der Waals surface area (Å²) in [6.45, 7) is 4.11. The summed E-state index contributed by atoms with van der Waals surface area (Å²) in [6, 6.07) is 20.3. The van der Waals surface area contributed by atoms with Crippen molar-refractivity contribution in [2.75, 3.05) is 13.1 Å². The van der Waals surface area contributed by atoms with Gasteiger partial charge in [0.2, 0.25) is 0 Å².